The molecule has 0 amide bonds. The molecular formula is C11H4BrCl2IOS. The number of halogens is 4. The van der Waals surface area contributed by atoms with Gasteiger partial charge in [-0.1, -0.05) is 23.2 Å². The van der Waals surface area contributed by atoms with E-state index in [1.54, 1.807) is 18.2 Å². The summed E-state index contributed by atoms with van der Waals surface area (Å²) in [5.41, 5.74) is 0.600. The molecule has 2 rings (SSSR count). The van der Waals surface area contributed by atoms with Crippen molar-refractivity contribution in [3.05, 3.63) is 52.1 Å². The molecule has 2 aromatic rings. The summed E-state index contributed by atoms with van der Waals surface area (Å²) in [5, 5.41) is 1.10. The summed E-state index contributed by atoms with van der Waals surface area (Å²) in [7, 11) is 0. The van der Waals surface area contributed by atoms with Crippen molar-refractivity contribution in [3.63, 3.8) is 0 Å². The average molecular weight is 462 g/mol. The molecule has 0 saturated heterocycles. The maximum absolute atomic E-state index is 12.3. The summed E-state index contributed by atoms with van der Waals surface area (Å²) in [5.74, 6) is -0.0606. The number of rotatable bonds is 2. The Kier molecular flexibility index (Phi) is 4.52. The monoisotopic (exact) mass is 460 g/mol. The normalized spacial score (nSPS) is 10.6. The van der Waals surface area contributed by atoms with Crippen molar-refractivity contribution in [2.45, 2.75) is 0 Å². The summed E-state index contributed by atoms with van der Waals surface area (Å²) in [6, 6.07) is 6.92. The second-order valence-corrected chi connectivity index (χ2v) is 7.56. The van der Waals surface area contributed by atoms with Gasteiger partial charge < -0.3 is 0 Å². The Morgan fingerprint density at radius 1 is 1.29 bits per heavy atom. The molecule has 1 heterocycles. The molecule has 17 heavy (non-hydrogen) atoms. The van der Waals surface area contributed by atoms with Crippen LogP contribution < -0.4 is 0 Å². The molecule has 0 unspecified atom stereocenters. The molecule has 1 nitrogen and oxygen atoms in total. The lowest BCUT2D eigenvalue weighted by Gasteiger charge is -2.02. The quantitative estimate of drug-likeness (QED) is 0.417. The number of hydrogen-bond acceptors (Lipinski definition) is 2. The number of carbonyl (C=O) groups excluding carboxylic acids is 1. The van der Waals surface area contributed by atoms with Crippen molar-refractivity contribution >= 4 is 78.8 Å². The van der Waals surface area contributed by atoms with E-state index >= 15 is 0 Å². The van der Waals surface area contributed by atoms with Gasteiger partial charge in [0.15, 0.2) is 0 Å². The van der Waals surface area contributed by atoms with Crippen LogP contribution in [0.3, 0.4) is 0 Å². The minimum Gasteiger partial charge on any atom is -0.288 e. The van der Waals surface area contributed by atoms with Gasteiger partial charge in [-0.2, -0.15) is 0 Å². The number of carbonyl (C=O) groups is 1. The van der Waals surface area contributed by atoms with Gasteiger partial charge in [0.25, 0.3) is 0 Å². The van der Waals surface area contributed by atoms with E-state index in [-0.39, 0.29) is 5.78 Å². The third kappa shape index (κ3) is 3.04. The van der Waals surface area contributed by atoms with Gasteiger partial charge in [0.1, 0.15) is 0 Å². The fourth-order valence-electron chi connectivity index (χ4n) is 1.26. The molecule has 0 N–H and O–H groups in total. The number of benzene rings is 1. The van der Waals surface area contributed by atoms with E-state index in [2.05, 4.69) is 38.5 Å². The van der Waals surface area contributed by atoms with Crippen LogP contribution in [0.25, 0.3) is 0 Å². The zero-order valence-corrected chi connectivity index (χ0v) is 14.2. The first kappa shape index (κ1) is 13.8. The van der Waals surface area contributed by atoms with E-state index < -0.39 is 0 Å². The van der Waals surface area contributed by atoms with E-state index in [1.807, 2.05) is 6.07 Å². The highest BCUT2D eigenvalue weighted by Crippen LogP contribution is 2.34. The molecule has 0 bridgehead atoms. The largest absolute Gasteiger partial charge is 0.288 e. The van der Waals surface area contributed by atoms with E-state index in [0.717, 1.165) is 7.36 Å². The van der Waals surface area contributed by atoms with Gasteiger partial charge >= 0.3 is 0 Å². The number of thiophene rings is 1. The molecule has 0 saturated carbocycles. The minimum atomic E-state index is -0.0606. The van der Waals surface area contributed by atoms with Crippen LogP contribution in [-0.2, 0) is 0 Å². The predicted octanol–water partition coefficient (Wildman–Crippen LogP) is 5.65. The lowest BCUT2D eigenvalue weighted by molar-refractivity contribution is 0.104. The second-order valence-electron chi connectivity index (χ2n) is 3.19. The standard InChI is InChI=1S/C11H4BrCl2IOS/c12-11-7(14)4-9(17-11)10(16)6-3-5(13)1-2-8(6)15/h1-4H. The number of hydrogen-bond donors (Lipinski definition) is 0. The lowest BCUT2D eigenvalue weighted by Crippen LogP contribution is -2.01. The average Bonchev–Trinajstić information content (AvgIpc) is 2.62. The predicted molar refractivity (Wildman–Crippen MR) is 84.6 cm³/mol. The third-order valence-electron chi connectivity index (χ3n) is 2.04. The van der Waals surface area contributed by atoms with Crippen LogP contribution in [0, 0.1) is 3.57 Å². The Morgan fingerprint density at radius 3 is 2.59 bits per heavy atom. The smallest absolute Gasteiger partial charge is 0.204 e. The Balaban J connectivity index is 2.47. The van der Waals surface area contributed by atoms with Crippen molar-refractivity contribution in [1.29, 1.82) is 0 Å². The number of ketones is 1. The summed E-state index contributed by atoms with van der Waals surface area (Å²) in [6.07, 6.45) is 0. The minimum absolute atomic E-state index is 0.0606. The Bertz CT molecular complexity index is 578. The van der Waals surface area contributed by atoms with Crippen LogP contribution in [0.1, 0.15) is 15.2 Å². The molecule has 0 aliphatic heterocycles. The fraction of sp³-hybridized carbons (Fsp3) is 0. The molecule has 1 aromatic heterocycles. The van der Waals surface area contributed by atoms with E-state index in [0.29, 0.717) is 20.5 Å². The molecule has 0 fully saturated rings. The molecule has 0 spiro atoms. The highest BCUT2D eigenvalue weighted by atomic mass is 127. The summed E-state index contributed by atoms with van der Waals surface area (Å²) in [6.45, 7) is 0. The third-order valence-corrected chi connectivity index (χ3v) is 5.69. The van der Waals surface area contributed by atoms with Crippen LogP contribution in [0.2, 0.25) is 10.0 Å². The highest BCUT2D eigenvalue weighted by Gasteiger charge is 2.17. The fourth-order valence-corrected chi connectivity index (χ4v) is 3.67. The molecule has 1 aromatic carbocycles. The lowest BCUT2D eigenvalue weighted by atomic mass is 10.1. The van der Waals surface area contributed by atoms with Gasteiger partial charge in [0.05, 0.1) is 13.7 Å². The SMILES string of the molecule is O=C(c1cc(Cl)c(Br)s1)c1cc(Cl)ccc1I. The molecule has 0 radical (unpaired) electrons. The van der Waals surface area contributed by atoms with Crippen molar-refractivity contribution in [1.82, 2.24) is 0 Å². The Labute approximate surface area is 134 Å². The summed E-state index contributed by atoms with van der Waals surface area (Å²) in [4.78, 5) is 12.9. The zero-order valence-electron chi connectivity index (χ0n) is 8.14. The van der Waals surface area contributed by atoms with Gasteiger partial charge in [-0.15, -0.1) is 11.3 Å². The first-order chi connectivity index (χ1) is 7.99. The van der Waals surface area contributed by atoms with E-state index in [9.17, 15) is 4.79 Å². The summed E-state index contributed by atoms with van der Waals surface area (Å²) < 4.78 is 1.64. The van der Waals surface area contributed by atoms with Gasteiger partial charge in [0.2, 0.25) is 5.78 Å². The van der Waals surface area contributed by atoms with Crippen LogP contribution >= 0.6 is 73.1 Å². The first-order valence-electron chi connectivity index (χ1n) is 4.43. The Morgan fingerprint density at radius 2 is 2.00 bits per heavy atom. The molecule has 0 atom stereocenters. The van der Waals surface area contributed by atoms with Crippen molar-refractivity contribution in [3.8, 4) is 0 Å². The molecule has 88 valence electrons. The zero-order chi connectivity index (χ0) is 12.6. The van der Waals surface area contributed by atoms with Gasteiger partial charge in [-0.3, -0.25) is 4.79 Å². The van der Waals surface area contributed by atoms with Gasteiger partial charge in [-0.25, -0.2) is 0 Å². The van der Waals surface area contributed by atoms with Gasteiger partial charge in [-0.05, 0) is 62.8 Å². The first-order valence-corrected chi connectivity index (χ1v) is 7.88. The molecule has 6 heteroatoms. The van der Waals surface area contributed by atoms with Crippen LogP contribution in [0.5, 0.6) is 0 Å². The van der Waals surface area contributed by atoms with Crippen LogP contribution in [0.15, 0.2) is 28.1 Å². The summed E-state index contributed by atoms with van der Waals surface area (Å²) >= 11 is 18.5. The van der Waals surface area contributed by atoms with Crippen LogP contribution in [-0.4, -0.2) is 5.78 Å². The second kappa shape index (κ2) is 5.57. The maximum Gasteiger partial charge on any atom is 0.204 e. The topological polar surface area (TPSA) is 17.1 Å². The highest BCUT2D eigenvalue weighted by molar-refractivity contribution is 14.1. The van der Waals surface area contributed by atoms with Crippen molar-refractivity contribution in [2.24, 2.45) is 0 Å². The van der Waals surface area contributed by atoms with E-state index in [4.69, 9.17) is 23.2 Å². The molecule has 0 aliphatic rings. The van der Waals surface area contributed by atoms with Crippen LogP contribution in [0.4, 0.5) is 0 Å². The van der Waals surface area contributed by atoms with Gasteiger partial charge in [0, 0.05) is 14.2 Å². The van der Waals surface area contributed by atoms with E-state index in [1.165, 1.54) is 11.3 Å². The van der Waals surface area contributed by atoms with Crippen molar-refractivity contribution in [2.75, 3.05) is 0 Å². The maximum atomic E-state index is 12.3. The Hall–Kier alpha value is 0.380. The molecule has 0 aliphatic carbocycles. The molecular weight excluding hydrogens is 458 g/mol. The van der Waals surface area contributed by atoms with Crippen molar-refractivity contribution < 1.29 is 4.79 Å².